The van der Waals surface area contributed by atoms with E-state index in [4.69, 9.17) is 9.47 Å². The normalized spacial score (nSPS) is 20.6. The Morgan fingerprint density at radius 1 is 1.07 bits per heavy atom. The lowest BCUT2D eigenvalue weighted by atomic mass is 9.92. The molecule has 0 saturated carbocycles. The summed E-state index contributed by atoms with van der Waals surface area (Å²) in [5.74, 6) is 0.854. The molecule has 0 aromatic heterocycles. The van der Waals surface area contributed by atoms with Crippen LogP contribution in [0.4, 0.5) is 0 Å². The van der Waals surface area contributed by atoms with E-state index in [9.17, 15) is 9.59 Å². The highest BCUT2D eigenvalue weighted by Gasteiger charge is 2.26. The SMILES string of the molecule is COc1ccc2cc([C@H](C)C(=O)OCC(=O)N3C[C@H](C)C[C@@H](C)C3)ccc2c1. The van der Waals surface area contributed by atoms with Gasteiger partial charge in [0.1, 0.15) is 5.75 Å². The van der Waals surface area contributed by atoms with Gasteiger partial charge >= 0.3 is 5.97 Å². The highest BCUT2D eigenvalue weighted by atomic mass is 16.5. The number of piperidine rings is 1. The number of benzene rings is 2. The molecule has 0 N–H and O–H groups in total. The van der Waals surface area contributed by atoms with Crippen molar-refractivity contribution in [3.8, 4) is 5.75 Å². The molecule has 150 valence electrons. The zero-order valence-electron chi connectivity index (χ0n) is 17.1. The third-order valence-corrected chi connectivity index (χ3v) is 5.48. The molecule has 3 rings (SSSR count). The average Bonchev–Trinajstić information content (AvgIpc) is 2.69. The van der Waals surface area contributed by atoms with Gasteiger partial charge in [-0.1, -0.05) is 38.1 Å². The van der Waals surface area contributed by atoms with E-state index in [0.29, 0.717) is 11.8 Å². The first-order valence-electron chi connectivity index (χ1n) is 9.89. The van der Waals surface area contributed by atoms with Crippen molar-refractivity contribution in [2.45, 2.75) is 33.1 Å². The van der Waals surface area contributed by atoms with Crippen LogP contribution in [0, 0.1) is 11.8 Å². The van der Waals surface area contributed by atoms with Gasteiger partial charge in [-0.2, -0.15) is 0 Å². The van der Waals surface area contributed by atoms with Crippen molar-refractivity contribution in [1.82, 2.24) is 4.90 Å². The van der Waals surface area contributed by atoms with Crippen molar-refractivity contribution in [2.75, 3.05) is 26.8 Å². The zero-order chi connectivity index (χ0) is 20.3. The van der Waals surface area contributed by atoms with Crippen molar-refractivity contribution in [3.05, 3.63) is 42.0 Å². The zero-order valence-corrected chi connectivity index (χ0v) is 17.1. The number of carbonyl (C=O) groups is 2. The van der Waals surface area contributed by atoms with Gasteiger partial charge in [0.2, 0.25) is 0 Å². The van der Waals surface area contributed by atoms with Crippen LogP contribution < -0.4 is 4.74 Å². The summed E-state index contributed by atoms with van der Waals surface area (Å²) < 4.78 is 10.6. The molecular formula is C23H29NO4. The highest BCUT2D eigenvalue weighted by Crippen LogP contribution is 2.26. The fourth-order valence-corrected chi connectivity index (χ4v) is 3.99. The van der Waals surface area contributed by atoms with E-state index in [1.54, 1.807) is 7.11 Å². The summed E-state index contributed by atoms with van der Waals surface area (Å²) in [6.45, 7) is 7.41. The van der Waals surface area contributed by atoms with Gasteiger partial charge in [-0.3, -0.25) is 9.59 Å². The maximum Gasteiger partial charge on any atom is 0.313 e. The molecular weight excluding hydrogens is 354 g/mol. The van der Waals surface area contributed by atoms with Gasteiger partial charge in [0.25, 0.3) is 5.91 Å². The van der Waals surface area contributed by atoms with Gasteiger partial charge in [-0.25, -0.2) is 0 Å². The van der Waals surface area contributed by atoms with Gasteiger partial charge in [0, 0.05) is 13.1 Å². The molecule has 5 nitrogen and oxygen atoms in total. The van der Waals surface area contributed by atoms with E-state index in [2.05, 4.69) is 13.8 Å². The minimum absolute atomic E-state index is 0.107. The molecule has 3 atom stereocenters. The Balaban J connectivity index is 1.61. The Morgan fingerprint density at radius 3 is 2.39 bits per heavy atom. The molecule has 0 spiro atoms. The minimum atomic E-state index is -0.432. The Morgan fingerprint density at radius 2 is 1.71 bits per heavy atom. The molecule has 0 bridgehead atoms. The first-order chi connectivity index (χ1) is 13.4. The number of esters is 1. The van der Waals surface area contributed by atoms with Crippen LogP contribution in [0.2, 0.25) is 0 Å². The molecule has 0 unspecified atom stereocenters. The van der Waals surface area contributed by atoms with Gasteiger partial charge in [0.05, 0.1) is 13.0 Å². The van der Waals surface area contributed by atoms with Crippen molar-refractivity contribution in [2.24, 2.45) is 11.8 Å². The second kappa shape index (κ2) is 8.63. The van der Waals surface area contributed by atoms with E-state index >= 15 is 0 Å². The molecule has 0 radical (unpaired) electrons. The summed E-state index contributed by atoms with van der Waals surface area (Å²) in [7, 11) is 1.64. The third-order valence-electron chi connectivity index (χ3n) is 5.48. The van der Waals surface area contributed by atoms with Crippen molar-refractivity contribution < 1.29 is 19.1 Å². The quantitative estimate of drug-likeness (QED) is 0.733. The van der Waals surface area contributed by atoms with Crippen LogP contribution in [0.1, 0.15) is 38.7 Å². The fourth-order valence-electron chi connectivity index (χ4n) is 3.99. The molecule has 5 heteroatoms. The summed E-state index contributed by atoms with van der Waals surface area (Å²) in [5, 5.41) is 2.08. The minimum Gasteiger partial charge on any atom is -0.497 e. The van der Waals surface area contributed by atoms with Crippen LogP contribution >= 0.6 is 0 Å². The lowest BCUT2D eigenvalue weighted by molar-refractivity contribution is -0.154. The standard InChI is InChI=1S/C23H29NO4/c1-15-9-16(2)13-24(12-15)22(25)14-28-23(26)17(3)18-5-6-20-11-21(27-4)8-7-19(20)10-18/h5-8,10-11,15-17H,9,12-14H2,1-4H3/t15-,16-,17+/m1/s1. The summed E-state index contributed by atoms with van der Waals surface area (Å²) in [6.07, 6.45) is 1.13. The fraction of sp³-hybridized carbons (Fsp3) is 0.478. The number of ether oxygens (including phenoxy) is 2. The van der Waals surface area contributed by atoms with Gasteiger partial charge < -0.3 is 14.4 Å². The largest absolute Gasteiger partial charge is 0.497 e. The number of amides is 1. The number of fused-ring (bicyclic) bond motifs is 1. The van der Waals surface area contributed by atoms with E-state index < -0.39 is 5.92 Å². The molecule has 1 fully saturated rings. The number of methoxy groups -OCH3 is 1. The van der Waals surface area contributed by atoms with E-state index in [1.807, 2.05) is 48.2 Å². The Hall–Kier alpha value is -2.56. The molecule has 1 aliphatic heterocycles. The third kappa shape index (κ3) is 4.64. The number of hydrogen-bond acceptors (Lipinski definition) is 4. The maximum atomic E-state index is 12.5. The first kappa shape index (κ1) is 20.2. The average molecular weight is 383 g/mol. The van der Waals surface area contributed by atoms with Crippen LogP contribution in [0.5, 0.6) is 5.75 Å². The predicted octanol–water partition coefficient (Wildman–Crippen LogP) is 4.00. The van der Waals surface area contributed by atoms with Gasteiger partial charge in [0.15, 0.2) is 6.61 Å². The van der Waals surface area contributed by atoms with Crippen molar-refractivity contribution >= 4 is 22.6 Å². The highest BCUT2D eigenvalue weighted by molar-refractivity contribution is 5.87. The topological polar surface area (TPSA) is 55.8 Å². The second-order valence-corrected chi connectivity index (χ2v) is 8.05. The van der Waals surface area contributed by atoms with Gasteiger partial charge in [-0.05, 0) is 53.6 Å². The Labute approximate surface area is 166 Å². The Kier molecular flexibility index (Phi) is 6.22. The molecule has 1 heterocycles. The molecule has 1 saturated heterocycles. The van der Waals surface area contributed by atoms with Gasteiger partial charge in [-0.15, -0.1) is 0 Å². The molecule has 2 aromatic rings. The molecule has 0 aliphatic carbocycles. The number of carbonyl (C=O) groups excluding carboxylic acids is 2. The molecule has 2 aromatic carbocycles. The second-order valence-electron chi connectivity index (χ2n) is 8.05. The molecule has 1 amide bonds. The van der Waals surface area contributed by atoms with Crippen LogP contribution in [0.15, 0.2) is 36.4 Å². The number of likely N-dealkylation sites (tertiary alicyclic amines) is 1. The smallest absolute Gasteiger partial charge is 0.313 e. The predicted molar refractivity (Wildman–Crippen MR) is 109 cm³/mol. The summed E-state index contributed by atoms with van der Waals surface area (Å²) >= 11 is 0. The molecule has 28 heavy (non-hydrogen) atoms. The summed E-state index contributed by atoms with van der Waals surface area (Å²) in [4.78, 5) is 26.7. The van der Waals surface area contributed by atoms with E-state index in [-0.39, 0.29) is 18.5 Å². The maximum absolute atomic E-state index is 12.5. The van der Waals surface area contributed by atoms with Crippen LogP contribution in [0.3, 0.4) is 0 Å². The first-order valence-corrected chi connectivity index (χ1v) is 9.89. The monoisotopic (exact) mass is 383 g/mol. The van der Waals surface area contributed by atoms with Crippen molar-refractivity contribution in [3.63, 3.8) is 0 Å². The Bertz CT molecular complexity index is 853. The van der Waals surface area contributed by atoms with E-state index in [1.165, 1.54) is 0 Å². The lowest BCUT2D eigenvalue weighted by Gasteiger charge is -2.34. The van der Waals surface area contributed by atoms with Crippen LogP contribution in [-0.4, -0.2) is 43.6 Å². The lowest BCUT2D eigenvalue weighted by Crippen LogP contribution is -2.44. The van der Waals surface area contributed by atoms with Crippen molar-refractivity contribution in [1.29, 1.82) is 0 Å². The summed E-state index contributed by atoms with van der Waals surface area (Å²) in [6, 6.07) is 11.7. The number of rotatable bonds is 5. The number of nitrogens with zero attached hydrogens (tertiary/aromatic N) is 1. The van der Waals surface area contributed by atoms with Crippen LogP contribution in [-0.2, 0) is 14.3 Å². The molecule has 1 aliphatic rings. The van der Waals surface area contributed by atoms with Crippen LogP contribution in [0.25, 0.3) is 10.8 Å². The van der Waals surface area contributed by atoms with E-state index in [0.717, 1.165) is 41.6 Å². The summed E-state index contributed by atoms with van der Waals surface area (Å²) in [5.41, 5.74) is 0.871. The number of hydrogen-bond donors (Lipinski definition) is 0.